The molecule has 0 unspecified atom stereocenters. The minimum atomic E-state index is -1.74. The highest BCUT2D eigenvalue weighted by Gasteiger charge is 2.48. The maximum absolute atomic E-state index is 14.5. The molecule has 0 saturated carbocycles. The maximum Gasteiger partial charge on any atom is 0.341 e. The molecule has 0 atom stereocenters. The van der Waals surface area contributed by atoms with Crippen molar-refractivity contribution < 1.29 is 28.5 Å². The molecular formula is C52H56Cl4N2O6. The number of hydrogen-bond donors (Lipinski definition) is 0. The topological polar surface area (TPSA) is 69.7 Å². The number of cyclic esters (lactones) is 1. The summed E-state index contributed by atoms with van der Waals surface area (Å²) in [4.78, 5) is 19.0. The lowest BCUT2D eigenvalue weighted by Crippen LogP contribution is -2.24. The number of rotatable bonds is 20. The molecule has 0 radical (unpaired) electrons. The van der Waals surface area contributed by atoms with E-state index in [9.17, 15) is 4.79 Å². The van der Waals surface area contributed by atoms with Gasteiger partial charge in [-0.2, -0.15) is 0 Å². The summed E-state index contributed by atoms with van der Waals surface area (Å²) in [5, 5.41) is -0.0890. The number of nitrogens with zero attached hydrogens (tertiary/aromatic N) is 2. The minimum Gasteiger partial charge on any atom is -0.494 e. The molecule has 1 heterocycles. The van der Waals surface area contributed by atoms with Crippen molar-refractivity contribution in [1.29, 1.82) is 0 Å². The van der Waals surface area contributed by atoms with Crippen LogP contribution in [-0.4, -0.2) is 58.6 Å². The molecule has 0 aromatic heterocycles. The number of halogens is 4. The Morgan fingerprint density at radius 2 is 0.891 bits per heavy atom. The number of hydrogen-bond acceptors (Lipinski definition) is 8. The number of ether oxygens (including phenoxy) is 5. The fourth-order valence-corrected chi connectivity index (χ4v) is 9.22. The van der Waals surface area contributed by atoms with Crippen LogP contribution >= 0.6 is 46.4 Å². The van der Waals surface area contributed by atoms with Crippen LogP contribution in [0.15, 0.2) is 97.1 Å². The van der Waals surface area contributed by atoms with Crippen LogP contribution in [0.5, 0.6) is 23.0 Å². The van der Waals surface area contributed by atoms with Crippen molar-refractivity contribution in [3.63, 3.8) is 0 Å². The molecule has 1 aliphatic rings. The van der Waals surface area contributed by atoms with Gasteiger partial charge in [0.1, 0.15) is 23.0 Å². The van der Waals surface area contributed by atoms with E-state index in [4.69, 9.17) is 70.1 Å². The van der Waals surface area contributed by atoms with Gasteiger partial charge in [0.2, 0.25) is 0 Å². The van der Waals surface area contributed by atoms with E-state index in [2.05, 4.69) is 49.6 Å². The lowest BCUT2D eigenvalue weighted by Gasteiger charge is -2.28. The standard InChI is InChI=1S/C52H56Cl4N2O6/c1-9-57(10-2)41-27-21-35(29-43(41)62-15-7)39(33-17-23-37(24-18-33)60-13-5)31-52(46-45(51(59)64-52)47(53)49(55)50(56)48(46)54)32-40(34-19-25-38(26-20-34)61-14-6)36-22-28-42(58(11-3)12-4)44(30-36)63-16-8/h17-32H,9-16H2,1-8H3/b39-31+,40-32+. The van der Waals surface area contributed by atoms with E-state index in [1.165, 1.54) is 0 Å². The molecular weight excluding hydrogens is 890 g/mol. The summed E-state index contributed by atoms with van der Waals surface area (Å²) in [6.07, 6.45) is 3.81. The van der Waals surface area contributed by atoms with Gasteiger partial charge in [0.25, 0.3) is 0 Å². The number of carbonyl (C=O) groups excluding carboxylic acids is 1. The first-order chi connectivity index (χ1) is 30.9. The van der Waals surface area contributed by atoms with E-state index in [0.717, 1.165) is 59.8 Å². The average Bonchev–Trinajstić information content (AvgIpc) is 3.59. The molecule has 6 rings (SSSR count). The molecule has 338 valence electrons. The predicted molar refractivity (Wildman–Crippen MR) is 265 cm³/mol. The Morgan fingerprint density at radius 3 is 1.27 bits per heavy atom. The number of benzene rings is 5. The predicted octanol–water partition coefficient (Wildman–Crippen LogP) is 14.2. The fraction of sp³-hybridized carbons (Fsp3) is 0.327. The first kappa shape index (κ1) is 48.5. The smallest absolute Gasteiger partial charge is 0.341 e. The molecule has 0 saturated heterocycles. The first-order valence-corrected chi connectivity index (χ1v) is 23.5. The van der Waals surface area contributed by atoms with Crippen molar-refractivity contribution in [3.05, 3.63) is 151 Å². The zero-order chi connectivity index (χ0) is 46.1. The second-order valence-electron chi connectivity index (χ2n) is 14.8. The normalized spacial score (nSPS) is 13.3. The van der Waals surface area contributed by atoms with Crippen molar-refractivity contribution in [1.82, 2.24) is 0 Å². The van der Waals surface area contributed by atoms with Crippen molar-refractivity contribution in [2.24, 2.45) is 0 Å². The van der Waals surface area contributed by atoms with Crippen LogP contribution in [-0.2, 0) is 10.3 Å². The molecule has 0 amide bonds. The summed E-state index contributed by atoms with van der Waals surface area (Å²) in [7, 11) is 0. The van der Waals surface area contributed by atoms with Gasteiger partial charge in [-0.1, -0.05) is 82.8 Å². The van der Waals surface area contributed by atoms with Crippen LogP contribution in [0.25, 0.3) is 11.1 Å². The molecule has 0 spiro atoms. The third-order valence-electron chi connectivity index (χ3n) is 11.1. The van der Waals surface area contributed by atoms with Crippen LogP contribution < -0.4 is 28.7 Å². The van der Waals surface area contributed by atoms with Gasteiger partial charge in [0.05, 0.1) is 63.5 Å². The van der Waals surface area contributed by atoms with Gasteiger partial charge in [-0.3, -0.25) is 0 Å². The Morgan fingerprint density at radius 1 is 0.516 bits per heavy atom. The monoisotopic (exact) mass is 944 g/mol. The third kappa shape index (κ3) is 9.96. The lowest BCUT2D eigenvalue weighted by molar-refractivity contribution is 0.0300. The molecule has 1 aliphatic heterocycles. The van der Waals surface area contributed by atoms with Crippen molar-refractivity contribution >= 4 is 74.9 Å². The Hall–Kier alpha value is -4.99. The Labute approximate surface area is 398 Å². The largest absolute Gasteiger partial charge is 0.494 e. The number of esters is 1. The van der Waals surface area contributed by atoms with Crippen LogP contribution in [0.4, 0.5) is 11.4 Å². The van der Waals surface area contributed by atoms with Gasteiger partial charge < -0.3 is 33.5 Å². The number of anilines is 2. The molecule has 0 N–H and O–H groups in total. The van der Waals surface area contributed by atoms with Crippen LogP contribution in [0.3, 0.4) is 0 Å². The molecule has 8 nitrogen and oxygen atoms in total. The second-order valence-corrected chi connectivity index (χ2v) is 16.3. The van der Waals surface area contributed by atoms with Crippen molar-refractivity contribution in [3.8, 4) is 23.0 Å². The minimum absolute atomic E-state index is 0.00814. The summed E-state index contributed by atoms with van der Waals surface area (Å²) >= 11 is 27.8. The summed E-state index contributed by atoms with van der Waals surface area (Å²) in [5.41, 5.74) is 5.01. The van der Waals surface area contributed by atoms with Crippen molar-refractivity contribution in [2.75, 3.05) is 62.4 Å². The molecule has 12 heteroatoms. The highest BCUT2D eigenvalue weighted by atomic mass is 35.5. The van der Waals surface area contributed by atoms with Gasteiger partial charge in [-0.25, -0.2) is 4.79 Å². The summed E-state index contributed by atoms with van der Waals surface area (Å²) in [6.45, 7) is 21.3. The van der Waals surface area contributed by atoms with Gasteiger partial charge >= 0.3 is 5.97 Å². The SMILES string of the molecule is CCOc1ccc(/C(=C\C2(/C=C(\c3ccc(OCC)cc3)c3ccc(N(CC)CC)c(OCC)c3)OC(=O)c3c(Cl)c(Cl)c(Cl)c(Cl)c32)c2ccc(N(CC)CC)c(OCC)c2)cc1. The highest BCUT2D eigenvalue weighted by molar-refractivity contribution is 6.53. The van der Waals surface area contributed by atoms with E-state index in [-0.39, 0.29) is 31.2 Å². The Bertz CT molecular complexity index is 2370. The molecule has 0 fully saturated rings. The third-order valence-corrected chi connectivity index (χ3v) is 12.9. The summed E-state index contributed by atoms with van der Waals surface area (Å²) in [5.74, 6) is 2.10. The number of fused-ring (bicyclic) bond motifs is 1. The Kier molecular flexibility index (Phi) is 16.5. The number of carbonyl (C=O) groups is 1. The Balaban J connectivity index is 1.78. The van der Waals surface area contributed by atoms with Crippen LogP contribution in [0, 0.1) is 0 Å². The molecule has 5 aromatic rings. The van der Waals surface area contributed by atoms with Gasteiger partial charge in [-0.05, 0) is 149 Å². The highest BCUT2D eigenvalue weighted by Crippen LogP contribution is 2.54. The summed E-state index contributed by atoms with van der Waals surface area (Å²) < 4.78 is 31.1. The first-order valence-electron chi connectivity index (χ1n) is 22.0. The maximum atomic E-state index is 14.5. The molecule has 0 aliphatic carbocycles. The van der Waals surface area contributed by atoms with E-state index in [0.29, 0.717) is 60.6 Å². The lowest BCUT2D eigenvalue weighted by atomic mass is 9.82. The molecule has 5 aromatic carbocycles. The van der Waals surface area contributed by atoms with E-state index >= 15 is 0 Å². The van der Waals surface area contributed by atoms with E-state index in [1.54, 1.807) is 0 Å². The zero-order valence-corrected chi connectivity index (χ0v) is 40.8. The van der Waals surface area contributed by atoms with Crippen LogP contribution in [0.2, 0.25) is 20.1 Å². The fourth-order valence-electron chi connectivity index (χ4n) is 8.14. The van der Waals surface area contributed by atoms with Gasteiger partial charge in [0, 0.05) is 31.7 Å². The van der Waals surface area contributed by atoms with Crippen molar-refractivity contribution in [2.45, 2.75) is 61.0 Å². The average molecular weight is 947 g/mol. The summed E-state index contributed by atoms with van der Waals surface area (Å²) in [6, 6.07) is 27.8. The van der Waals surface area contributed by atoms with E-state index in [1.807, 2.05) is 113 Å². The van der Waals surface area contributed by atoms with Gasteiger partial charge in [0.15, 0.2) is 5.60 Å². The quantitative estimate of drug-likeness (QED) is 0.0434. The van der Waals surface area contributed by atoms with E-state index < -0.39 is 11.6 Å². The second kappa shape index (κ2) is 21.8. The zero-order valence-electron chi connectivity index (χ0n) is 37.8. The van der Waals surface area contributed by atoms with Crippen LogP contribution in [0.1, 0.15) is 93.6 Å². The van der Waals surface area contributed by atoms with Gasteiger partial charge in [-0.15, -0.1) is 0 Å². The molecule has 64 heavy (non-hydrogen) atoms. The molecule has 0 bridgehead atoms.